The Balaban J connectivity index is 2.43. The van der Waals surface area contributed by atoms with Crippen LogP contribution in [0.3, 0.4) is 0 Å². The van der Waals surface area contributed by atoms with Crippen LogP contribution < -0.4 is 0 Å². The van der Waals surface area contributed by atoms with Crippen LogP contribution in [0.2, 0.25) is 0 Å². The second-order valence-corrected chi connectivity index (χ2v) is 3.76. The summed E-state index contributed by atoms with van der Waals surface area (Å²) < 4.78 is 7.59. The first kappa shape index (κ1) is 10.2. The van der Waals surface area contributed by atoms with E-state index in [1.54, 1.807) is 31.5 Å². The molecule has 0 aromatic carbocycles. The molecule has 0 fully saturated rings. The fraction of sp³-hybridized carbons (Fsp3) is 0.200. The number of carbonyl (C=O) groups excluding carboxylic acids is 1. The number of pyridine rings is 1. The zero-order valence-corrected chi connectivity index (χ0v) is 9.69. The van der Waals surface area contributed by atoms with E-state index in [0.29, 0.717) is 17.8 Å². The van der Waals surface area contributed by atoms with Gasteiger partial charge in [0.25, 0.3) is 0 Å². The molecule has 15 heavy (non-hydrogen) atoms. The van der Waals surface area contributed by atoms with Crippen molar-refractivity contribution >= 4 is 27.5 Å². The largest absolute Gasteiger partial charge is 0.462 e. The van der Waals surface area contributed by atoms with Gasteiger partial charge in [-0.3, -0.25) is 4.40 Å². The SMILES string of the molecule is CCOC(=O)c1ccn2c(Br)cnc2c1. The zero-order chi connectivity index (χ0) is 10.8. The highest BCUT2D eigenvalue weighted by Crippen LogP contribution is 2.14. The first-order valence-corrected chi connectivity index (χ1v) is 5.31. The third-order valence-electron chi connectivity index (χ3n) is 1.98. The van der Waals surface area contributed by atoms with Crippen molar-refractivity contribution < 1.29 is 9.53 Å². The lowest BCUT2D eigenvalue weighted by molar-refractivity contribution is 0.0526. The van der Waals surface area contributed by atoms with Gasteiger partial charge in [0.2, 0.25) is 0 Å². The number of rotatable bonds is 2. The van der Waals surface area contributed by atoms with E-state index in [4.69, 9.17) is 4.74 Å². The molecule has 2 heterocycles. The maximum atomic E-state index is 11.4. The van der Waals surface area contributed by atoms with E-state index >= 15 is 0 Å². The Morgan fingerprint density at radius 3 is 3.20 bits per heavy atom. The summed E-state index contributed by atoms with van der Waals surface area (Å²) in [6.45, 7) is 2.16. The van der Waals surface area contributed by atoms with E-state index in [-0.39, 0.29) is 5.97 Å². The highest BCUT2D eigenvalue weighted by Gasteiger charge is 2.08. The molecule has 0 amide bonds. The van der Waals surface area contributed by atoms with Crippen LogP contribution >= 0.6 is 15.9 Å². The predicted octanol–water partition coefficient (Wildman–Crippen LogP) is 2.27. The standard InChI is InChI=1S/C10H9BrN2O2/c1-2-15-10(14)7-3-4-13-8(11)6-12-9(13)5-7/h3-6H,2H2,1H3. The van der Waals surface area contributed by atoms with Gasteiger partial charge in [0.1, 0.15) is 10.3 Å². The maximum absolute atomic E-state index is 11.4. The molecule has 2 rings (SSSR count). The van der Waals surface area contributed by atoms with Crippen molar-refractivity contribution in [2.24, 2.45) is 0 Å². The van der Waals surface area contributed by atoms with Gasteiger partial charge in [0.05, 0.1) is 18.4 Å². The molecule has 2 aromatic heterocycles. The van der Waals surface area contributed by atoms with Crippen molar-refractivity contribution in [3.63, 3.8) is 0 Å². The first-order chi connectivity index (χ1) is 7.22. The van der Waals surface area contributed by atoms with Gasteiger partial charge in [-0.15, -0.1) is 0 Å². The first-order valence-electron chi connectivity index (χ1n) is 4.52. The third kappa shape index (κ3) is 1.87. The molecule has 2 aromatic rings. The summed E-state index contributed by atoms with van der Waals surface area (Å²) in [5.41, 5.74) is 1.23. The fourth-order valence-electron chi connectivity index (χ4n) is 1.29. The van der Waals surface area contributed by atoms with Crippen LogP contribution in [-0.2, 0) is 4.74 Å². The number of imidazole rings is 1. The number of aromatic nitrogens is 2. The number of fused-ring (bicyclic) bond motifs is 1. The van der Waals surface area contributed by atoms with Crippen molar-refractivity contribution in [1.82, 2.24) is 9.38 Å². The minimum atomic E-state index is -0.320. The zero-order valence-electron chi connectivity index (χ0n) is 8.11. The van der Waals surface area contributed by atoms with Crippen molar-refractivity contribution in [3.8, 4) is 0 Å². The van der Waals surface area contributed by atoms with Gasteiger partial charge in [0.15, 0.2) is 0 Å². The smallest absolute Gasteiger partial charge is 0.338 e. The van der Waals surface area contributed by atoms with Crippen molar-refractivity contribution in [2.45, 2.75) is 6.92 Å². The molecule has 0 aliphatic heterocycles. The molecular formula is C10H9BrN2O2. The molecule has 0 atom stereocenters. The lowest BCUT2D eigenvalue weighted by atomic mass is 10.3. The molecule has 0 bridgehead atoms. The van der Waals surface area contributed by atoms with E-state index in [2.05, 4.69) is 20.9 Å². The summed E-state index contributed by atoms with van der Waals surface area (Å²) in [5, 5.41) is 0. The van der Waals surface area contributed by atoms with Gasteiger partial charge in [-0.2, -0.15) is 0 Å². The Morgan fingerprint density at radius 2 is 2.47 bits per heavy atom. The molecule has 0 spiro atoms. The van der Waals surface area contributed by atoms with E-state index < -0.39 is 0 Å². The summed E-state index contributed by atoms with van der Waals surface area (Å²) in [6.07, 6.45) is 3.46. The van der Waals surface area contributed by atoms with Crippen LogP contribution in [0.4, 0.5) is 0 Å². The second kappa shape index (κ2) is 4.02. The van der Waals surface area contributed by atoms with Gasteiger partial charge in [-0.1, -0.05) is 0 Å². The molecule has 4 nitrogen and oxygen atoms in total. The molecule has 0 saturated heterocycles. The summed E-state index contributed by atoms with van der Waals surface area (Å²) in [7, 11) is 0. The second-order valence-electron chi connectivity index (χ2n) is 2.95. The van der Waals surface area contributed by atoms with Crippen LogP contribution in [-0.4, -0.2) is 22.0 Å². The Labute approximate surface area is 95.0 Å². The van der Waals surface area contributed by atoms with Gasteiger partial charge >= 0.3 is 5.97 Å². The van der Waals surface area contributed by atoms with Crippen molar-refractivity contribution in [3.05, 3.63) is 34.7 Å². The average Bonchev–Trinajstić information content (AvgIpc) is 2.60. The highest BCUT2D eigenvalue weighted by atomic mass is 79.9. The summed E-state index contributed by atoms with van der Waals surface area (Å²) in [4.78, 5) is 15.6. The Kier molecular flexibility index (Phi) is 2.73. The molecule has 0 aliphatic rings. The number of hydrogen-bond acceptors (Lipinski definition) is 3. The molecule has 78 valence electrons. The molecular weight excluding hydrogens is 260 g/mol. The summed E-state index contributed by atoms with van der Waals surface area (Å²) in [5.74, 6) is -0.320. The molecule has 0 N–H and O–H groups in total. The average molecular weight is 269 g/mol. The molecule has 0 unspecified atom stereocenters. The van der Waals surface area contributed by atoms with Crippen LogP contribution in [0.5, 0.6) is 0 Å². The van der Waals surface area contributed by atoms with Crippen molar-refractivity contribution in [1.29, 1.82) is 0 Å². The molecule has 0 aliphatic carbocycles. The van der Waals surface area contributed by atoms with E-state index in [1.165, 1.54) is 0 Å². The van der Waals surface area contributed by atoms with Crippen LogP contribution in [0.25, 0.3) is 5.65 Å². The molecule has 0 saturated carbocycles. The normalized spacial score (nSPS) is 10.5. The van der Waals surface area contributed by atoms with E-state index in [0.717, 1.165) is 4.60 Å². The maximum Gasteiger partial charge on any atom is 0.338 e. The van der Waals surface area contributed by atoms with Gasteiger partial charge in [0, 0.05) is 6.20 Å². The van der Waals surface area contributed by atoms with Gasteiger partial charge in [-0.05, 0) is 35.0 Å². The van der Waals surface area contributed by atoms with Crippen LogP contribution in [0.1, 0.15) is 17.3 Å². The van der Waals surface area contributed by atoms with Crippen LogP contribution in [0, 0.1) is 0 Å². The van der Waals surface area contributed by atoms with Crippen LogP contribution in [0.15, 0.2) is 29.1 Å². The Bertz CT molecular complexity index is 507. The minimum Gasteiger partial charge on any atom is -0.462 e. The Hall–Kier alpha value is -1.36. The highest BCUT2D eigenvalue weighted by molar-refractivity contribution is 9.10. The lowest BCUT2D eigenvalue weighted by Gasteiger charge is -2.02. The van der Waals surface area contributed by atoms with E-state index in [1.807, 2.05) is 4.40 Å². The predicted molar refractivity (Wildman–Crippen MR) is 58.8 cm³/mol. The number of carbonyl (C=O) groups is 1. The number of hydrogen-bond donors (Lipinski definition) is 0. The monoisotopic (exact) mass is 268 g/mol. The number of esters is 1. The summed E-state index contributed by atoms with van der Waals surface area (Å²) in [6, 6.07) is 3.40. The quantitative estimate of drug-likeness (QED) is 0.785. The third-order valence-corrected chi connectivity index (χ3v) is 2.57. The topological polar surface area (TPSA) is 43.6 Å². The lowest BCUT2D eigenvalue weighted by Crippen LogP contribution is -2.05. The van der Waals surface area contributed by atoms with Gasteiger partial charge < -0.3 is 4.74 Å². The molecule has 5 heteroatoms. The number of nitrogens with zero attached hydrogens (tertiary/aromatic N) is 2. The minimum absolute atomic E-state index is 0.320. The fourth-order valence-corrected chi connectivity index (χ4v) is 1.69. The van der Waals surface area contributed by atoms with Crippen molar-refractivity contribution in [2.75, 3.05) is 6.61 Å². The Morgan fingerprint density at radius 1 is 1.67 bits per heavy atom. The van der Waals surface area contributed by atoms with E-state index in [9.17, 15) is 4.79 Å². The number of ether oxygens (including phenoxy) is 1. The van der Waals surface area contributed by atoms with Gasteiger partial charge in [-0.25, -0.2) is 9.78 Å². The molecule has 0 radical (unpaired) electrons. The summed E-state index contributed by atoms with van der Waals surface area (Å²) >= 11 is 3.34. The number of halogens is 1.